The molecular formula is C11H21N. The summed E-state index contributed by atoms with van der Waals surface area (Å²) in [6, 6.07) is 0. The van der Waals surface area contributed by atoms with Crippen LogP contribution in [0.4, 0.5) is 0 Å². The smallest absolute Gasteiger partial charge is 0.0297 e. The number of nitrogens with two attached hydrogens (primary N) is 1. The minimum atomic E-state index is 0.392. The highest BCUT2D eigenvalue weighted by Crippen LogP contribution is 2.23. The number of rotatable bonds is 3. The summed E-state index contributed by atoms with van der Waals surface area (Å²) in [6.45, 7) is 12.4. The van der Waals surface area contributed by atoms with Crippen molar-refractivity contribution in [1.82, 2.24) is 0 Å². The van der Waals surface area contributed by atoms with Crippen LogP contribution >= 0.6 is 0 Å². The molecule has 0 aliphatic carbocycles. The molecule has 0 aromatic heterocycles. The van der Waals surface area contributed by atoms with E-state index in [0.29, 0.717) is 5.41 Å². The number of hydrogen-bond acceptors (Lipinski definition) is 1. The van der Waals surface area contributed by atoms with E-state index >= 15 is 0 Å². The molecule has 0 rings (SSSR count). The van der Waals surface area contributed by atoms with Gasteiger partial charge < -0.3 is 5.73 Å². The lowest BCUT2D eigenvalue weighted by molar-refractivity contribution is 0.377. The summed E-state index contributed by atoms with van der Waals surface area (Å²) in [4.78, 5) is 0. The molecule has 0 amide bonds. The highest BCUT2D eigenvalue weighted by Gasteiger charge is 2.09. The summed E-state index contributed by atoms with van der Waals surface area (Å²) < 4.78 is 0. The molecule has 1 nitrogen and oxygen atoms in total. The Bertz CT molecular complexity index is 182. The van der Waals surface area contributed by atoms with E-state index in [0.717, 1.165) is 12.1 Å². The van der Waals surface area contributed by atoms with Crippen LogP contribution in [0.2, 0.25) is 0 Å². The minimum absolute atomic E-state index is 0.392. The van der Waals surface area contributed by atoms with Gasteiger partial charge in [0, 0.05) is 5.70 Å². The monoisotopic (exact) mass is 167 g/mol. The Morgan fingerprint density at radius 2 is 1.92 bits per heavy atom. The standard InChI is InChI=1S/C11H21N/c1-6-10(12)9(2)7-8-11(3,4)5/h6H,1,7-8,12H2,2-5H3/b10-9+. The van der Waals surface area contributed by atoms with Gasteiger partial charge in [-0.3, -0.25) is 0 Å². The van der Waals surface area contributed by atoms with E-state index in [9.17, 15) is 0 Å². The van der Waals surface area contributed by atoms with Crippen molar-refractivity contribution in [2.75, 3.05) is 0 Å². The van der Waals surface area contributed by atoms with E-state index < -0.39 is 0 Å². The predicted octanol–water partition coefficient (Wildman–Crippen LogP) is 3.23. The van der Waals surface area contributed by atoms with Gasteiger partial charge in [0.25, 0.3) is 0 Å². The van der Waals surface area contributed by atoms with Crippen molar-refractivity contribution >= 4 is 0 Å². The molecule has 0 saturated carbocycles. The maximum atomic E-state index is 5.71. The van der Waals surface area contributed by atoms with Crippen LogP contribution < -0.4 is 5.73 Å². The lowest BCUT2D eigenvalue weighted by Gasteiger charge is -2.18. The van der Waals surface area contributed by atoms with Gasteiger partial charge in [-0.15, -0.1) is 0 Å². The Labute approximate surface area is 76.3 Å². The molecule has 0 aromatic carbocycles. The number of hydrogen-bond donors (Lipinski definition) is 1. The lowest BCUT2D eigenvalue weighted by atomic mass is 9.88. The molecule has 0 fully saturated rings. The second-order valence-corrected chi connectivity index (χ2v) is 4.50. The van der Waals surface area contributed by atoms with E-state index in [-0.39, 0.29) is 0 Å². The first-order valence-electron chi connectivity index (χ1n) is 4.44. The zero-order chi connectivity index (χ0) is 9.78. The molecule has 0 bridgehead atoms. The number of allylic oxidation sites excluding steroid dienone is 2. The fourth-order valence-corrected chi connectivity index (χ4v) is 0.881. The van der Waals surface area contributed by atoms with Crippen LogP contribution in [0.3, 0.4) is 0 Å². The van der Waals surface area contributed by atoms with Gasteiger partial charge in [0.05, 0.1) is 0 Å². The normalized spacial score (nSPS) is 14.0. The van der Waals surface area contributed by atoms with Gasteiger partial charge in [0.2, 0.25) is 0 Å². The van der Waals surface area contributed by atoms with Crippen molar-refractivity contribution in [3.63, 3.8) is 0 Å². The van der Waals surface area contributed by atoms with Crippen LogP contribution in [-0.2, 0) is 0 Å². The Balaban J connectivity index is 4.03. The van der Waals surface area contributed by atoms with E-state index in [1.807, 2.05) is 0 Å². The van der Waals surface area contributed by atoms with E-state index in [1.165, 1.54) is 12.0 Å². The molecule has 0 radical (unpaired) electrons. The fourth-order valence-electron chi connectivity index (χ4n) is 0.881. The van der Waals surface area contributed by atoms with E-state index in [1.54, 1.807) is 6.08 Å². The average molecular weight is 167 g/mol. The highest BCUT2D eigenvalue weighted by atomic mass is 14.6. The van der Waals surface area contributed by atoms with Crippen LogP contribution in [0.15, 0.2) is 23.9 Å². The van der Waals surface area contributed by atoms with Crippen LogP contribution in [-0.4, -0.2) is 0 Å². The van der Waals surface area contributed by atoms with Gasteiger partial charge in [-0.2, -0.15) is 0 Å². The van der Waals surface area contributed by atoms with Gasteiger partial charge in [0.1, 0.15) is 0 Å². The maximum Gasteiger partial charge on any atom is 0.0297 e. The van der Waals surface area contributed by atoms with Gasteiger partial charge in [0.15, 0.2) is 0 Å². The summed E-state index contributed by atoms with van der Waals surface area (Å²) >= 11 is 0. The van der Waals surface area contributed by atoms with Crippen molar-refractivity contribution in [2.24, 2.45) is 11.1 Å². The Morgan fingerprint density at radius 1 is 1.42 bits per heavy atom. The highest BCUT2D eigenvalue weighted by molar-refractivity contribution is 5.19. The quantitative estimate of drug-likeness (QED) is 0.642. The summed E-state index contributed by atoms with van der Waals surface area (Å²) in [5, 5.41) is 0. The van der Waals surface area contributed by atoms with Crippen LogP contribution in [0.5, 0.6) is 0 Å². The van der Waals surface area contributed by atoms with E-state index in [2.05, 4.69) is 34.3 Å². The van der Waals surface area contributed by atoms with E-state index in [4.69, 9.17) is 5.73 Å². The molecule has 0 saturated heterocycles. The first kappa shape index (κ1) is 11.3. The van der Waals surface area contributed by atoms with Crippen molar-refractivity contribution < 1.29 is 0 Å². The van der Waals surface area contributed by atoms with Gasteiger partial charge in [-0.1, -0.05) is 32.9 Å². The molecular weight excluding hydrogens is 146 g/mol. The Kier molecular flexibility index (Phi) is 4.08. The third-order valence-corrected chi connectivity index (χ3v) is 1.96. The Hall–Kier alpha value is -0.720. The predicted molar refractivity (Wildman–Crippen MR) is 55.8 cm³/mol. The van der Waals surface area contributed by atoms with Crippen molar-refractivity contribution in [3.05, 3.63) is 23.9 Å². The largest absolute Gasteiger partial charge is 0.399 e. The van der Waals surface area contributed by atoms with Gasteiger partial charge >= 0.3 is 0 Å². The molecule has 12 heavy (non-hydrogen) atoms. The second-order valence-electron chi connectivity index (χ2n) is 4.50. The molecule has 0 aliphatic heterocycles. The molecule has 0 atom stereocenters. The minimum Gasteiger partial charge on any atom is -0.399 e. The summed E-state index contributed by atoms with van der Waals surface area (Å²) in [6.07, 6.45) is 3.96. The van der Waals surface area contributed by atoms with Gasteiger partial charge in [-0.25, -0.2) is 0 Å². The molecule has 0 heterocycles. The van der Waals surface area contributed by atoms with Crippen LogP contribution in [0, 0.1) is 5.41 Å². The molecule has 1 heteroatoms. The zero-order valence-corrected chi connectivity index (χ0v) is 8.78. The first-order valence-corrected chi connectivity index (χ1v) is 4.44. The third kappa shape index (κ3) is 5.00. The average Bonchev–Trinajstić information content (AvgIpc) is 1.97. The maximum absolute atomic E-state index is 5.71. The SMILES string of the molecule is C=C/C(N)=C(/C)CCC(C)(C)C. The molecule has 0 spiro atoms. The lowest BCUT2D eigenvalue weighted by Crippen LogP contribution is -2.06. The first-order chi connectivity index (χ1) is 5.37. The topological polar surface area (TPSA) is 26.0 Å². The Morgan fingerprint density at radius 3 is 2.25 bits per heavy atom. The summed E-state index contributed by atoms with van der Waals surface area (Å²) in [5.41, 5.74) is 8.18. The molecule has 2 N–H and O–H groups in total. The van der Waals surface area contributed by atoms with Crippen molar-refractivity contribution in [3.8, 4) is 0 Å². The molecule has 0 aromatic rings. The van der Waals surface area contributed by atoms with Crippen molar-refractivity contribution in [2.45, 2.75) is 40.5 Å². The molecule has 0 unspecified atom stereocenters. The van der Waals surface area contributed by atoms with Crippen LogP contribution in [0.1, 0.15) is 40.5 Å². The summed E-state index contributed by atoms with van der Waals surface area (Å²) in [7, 11) is 0. The van der Waals surface area contributed by atoms with Gasteiger partial charge in [-0.05, 0) is 31.3 Å². The van der Waals surface area contributed by atoms with Crippen LogP contribution in [0.25, 0.3) is 0 Å². The fraction of sp³-hybridized carbons (Fsp3) is 0.636. The zero-order valence-electron chi connectivity index (χ0n) is 8.78. The molecule has 0 aliphatic rings. The second kappa shape index (κ2) is 4.34. The third-order valence-electron chi connectivity index (χ3n) is 1.96. The molecule has 70 valence electrons. The van der Waals surface area contributed by atoms with Crippen molar-refractivity contribution in [1.29, 1.82) is 0 Å². The summed E-state index contributed by atoms with van der Waals surface area (Å²) in [5.74, 6) is 0.